The minimum atomic E-state index is -3.35. The molecule has 0 bridgehead atoms. The Bertz CT molecular complexity index is 1610. The van der Waals surface area contributed by atoms with Crippen molar-refractivity contribution in [2.24, 2.45) is 0 Å². The van der Waals surface area contributed by atoms with Crippen LogP contribution in [0.5, 0.6) is 0 Å². The number of hydrogen-bond acceptors (Lipinski definition) is 8. The molecule has 6 rings (SSSR count). The Morgan fingerprint density at radius 2 is 1.79 bits per heavy atom. The number of H-pyrrole nitrogens is 1. The predicted molar refractivity (Wildman–Crippen MR) is 147 cm³/mol. The Balaban J connectivity index is 1.42. The Hall–Kier alpha value is -3.99. The number of sulfone groups is 1. The number of hydrogen-bond donors (Lipinski definition) is 2. The molecule has 1 saturated carbocycles. The number of amides is 1. The molecule has 4 aromatic rings. The smallest absolute Gasteiger partial charge is 0.254 e. The van der Waals surface area contributed by atoms with E-state index in [2.05, 4.69) is 25.4 Å². The van der Waals surface area contributed by atoms with Crippen LogP contribution in [0, 0.1) is 0 Å². The molecule has 1 fully saturated rings. The van der Waals surface area contributed by atoms with Crippen LogP contribution in [0.15, 0.2) is 59.8 Å². The number of nitrogens with one attached hydrogen (secondary N) is 2. The van der Waals surface area contributed by atoms with E-state index in [1.54, 1.807) is 29.4 Å². The van der Waals surface area contributed by atoms with Crippen molar-refractivity contribution in [3.63, 3.8) is 0 Å². The van der Waals surface area contributed by atoms with Gasteiger partial charge in [0.15, 0.2) is 15.7 Å². The fourth-order valence-corrected chi connectivity index (χ4v) is 6.12. The number of nitrogens with zero attached hydrogens (tertiary/aromatic N) is 5. The SMILES string of the molecule is C[C@@H]1C(=O)N(c2ccc(S(C)(=O)=O)cc2)c2cnc(Nc3ccc4[nH]ncc4c3)nc2N1C1CCCCC1. The summed E-state index contributed by atoms with van der Waals surface area (Å²) in [6, 6.07) is 12.0. The summed E-state index contributed by atoms with van der Waals surface area (Å²) in [5, 5.41) is 11.3. The van der Waals surface area contributed by atoms with Gasteiger partial charge >= 0.3 is 0 Å². The Kier molecular flexibility index (Phi) is 6.02. The van der Waals surface area contributed by atoms with E-state index in [0.717, 1.165) is 42.3 Å². The Morgan fingerprint density at radius 1 is 1.03 bits per heavy atom. The van der Waals surface area contributed by atoms with Gasteiger partial charge in [-0.1, -0.05) is 19.3 Å². The summed E-state index contributed by atoms with van der Waals surface area (Å²) < 4.78 is 24.0. The van der Waals surface area contributed by atoms with Gasteiger partial charge in [-0.2, -0.15) is 10.1 Å². The number of aromatic nitrogens is 4. The molecule has 1 atom stereocenters. The molecular weight excluding hydrogens is 502 g/mol. The number of rotatable bonds is 5. The molecule has 2 aromatic heterocycles. The van der Waals surface area contributed by atoms with E-state index in [-0.39, 0.29) is 16.8 Å². The van der Waals surface area contributed by atoms with Gasteiger partial charge in [0.25, 0.3) is 5.91 Å². The number of benzene rings is 2. The number of carbonyl (C=O) groups is 1. The van der Waals surface area contributed by atoms with Crippen molar-refractivity contribution < 1.29 is 13.2 Å². The first-order chi connectivity index (χ1) is 18.3. The monoisotopic (exact) mass is 531 g/mol. The maximum atomic E-state index is 13.8. The van der Waals surface area contributed by atoms with Gasteiger partial charge in [0, 0.05) is 29.1 Å². The van der Waals surface area contributed by atoms with Crippen molar-refractivity contribution in [2.45, 2.75) is 56.0 Å². The van der Waals surface area contributed by atoms with Gasteiger partial charge in [-0.05, 0) is 62.2 Å². The van der Waals surface area contributed by atoms with Crippen LogP contribution in [0.25, 0.3) is 10.9 Å². The minimum absolute atomic E-state index is 0.0927. The summed E-state index contributed by atoms with van der Waals surface area (Å²) in [7, 11) is -3.35. The van der Waals surface area contributed by atoms with Crippen molar-refractivity contribution in [2.75, 3.05) is 21.4 Å². The van der Waals surface area contributed by atoms with Crippen LogP contribution in [-0.4, -0.2) is 52.8 Å². The first-order valence-electron chi connectivity index (χ1n) is 12.8. The highest BCUT2D eigenvalue weighted by Gasteiger charge is 2.41. The second-order valence-corrected chi connectivity index (χ2v) is 12.0. The lowest BCUT2D eigenvalue weighted by Crippen LogP contribution is -2.55. The van der Waals surface area contributed by atoms with Gasteiger partial charge in [-0.25, -0.2) is 13.4 Å². The van der Waals surface area contributed by atoms with Crippen LogP contribution >= 0.6 is 0 Å². The summed E-state index contributed by atoms with van der Waals surface area (Å²) in [5.41, 5.74) is 2.93. The van der Waals surface area contributed by atoms with E-state index in [9.17, 15) is 13.2 Å². The molecular formula is C27H29N7O3S. The third-order valence-corrected chi connectivity index (χ3v) is 8.55. The molecule has 0 radical (unpaired) electrons. The van der Waals surface area contributed by atoms with Gasteiger partial charge < -0.3 is 10.2 Å². The molecule has 0 saturated heterocycles. The van der Waals surface area contributed by atoms with Crippen LogP contribution in [-0.2, 0) is 14.6 Å². The molecule has 1 aliphatic heterocycles. The Morgan fingerprint density at radius 3 is 2.53 bits per heavy atom. The van der Waals surface area contributed by atoms with Gasteiger partial charge in [-0.15, -0.1) is 0 Å². The first-order valence-corrected chi connectivity index (χ1v) is 14.7. The van der Waals surface area contributed by atoms with Gasteiger partial charge in [0.2, 0.25) is 5.95 Å². The lowest BCUT2D eigenvalue weighted by molar-refractivity contribution is -0.119. The molecule has 1 aliphatic carbocycles. The van der Waals surface area contributed by atoms with Crippen molar-refractivity contribution >= 4 is 55.5 Å². The lowest BCUT2D eigenvalue weighted by atomic mass is 9.92. The second kappa shape index (κ2) is 9.39. The van der Waals surface area contributed by atoms with Gasteiger partial charge in [-0.3, -0.25) is 14.8 Å². The van der Waals surface area contributed by atoms with Crippen molar-refractivity contribution in [3.8, 4) is 0 Å². The van der Waals surface area contributed by atoms with Crippen molar-refractivity contribution in [3.05, 3.63) is 54.9 Å². The summed E-state index contributed by atoms with van der Waals surface area (Å²) in [6.45, 7) is 1.92. The van der Waals surface area contributed by atoms with Gasteiger partial charge in [0.1, 0.15) is 11.7 Å². The van der Waals surface area contributed by atoms with Gasteiger partial charge in [0.05, 0.1) is 22.8 Å². The van der Waals surface area contributed by atoms with Crippen molar-refractivity contribution in [1.29, 1.82) is 0 Å². The molecule has 10 nitrogen and oxygen atoms in total. The van der Waals surface area contributed by atoms with Crippen LogP contribution in [0.2, 0.25) is 0 Å². The highest BCUT2D eigenvalue weighted by atomic mass is 32.2. The van der Waals surface area contributed by atoms with E-state index in [1.807, 2.05) is 25.1 Å². The van der Waals surface area contributed by atoms with Crippen LogP contribution < -0.4 is 15.1 Å². The summed E-state index contributed by atoms with van der Waals surface area (Å²) in [5.74, 6) is 1.03. The average Bonchev–Trinajstić information content (AvgIpc) is 3.38. The molecule has 2 N–H and O–H groups in total. The minimum Gasteiger partial charge on any atom is -0.340 e. The topological polar surface area (TPSA) is 124 Å². The number of carbonyl (C=O) groups excluding carboxylic acids is 1. The molecule has 2 aliphatic rings. The summed E-state index contributed by atoms with van der Waals surface area (Å²) >= 11 is 0. The van der Waals surface area contributed by atoms with E-state index in [4.69, 9.17) is 4.98 Å². The maximum Gasteiger partial charge on any atom is 0.254 e. The van der Waals surface area contributed by atoms with Crippen LogP contribution in [0.1, 0.15) is 39.0 Å². The number of fused-ring (bicyclic) bond motifs is 2. The fraction of sp³-hybridized carbons (Fsp3) is 0.333. The maximum absolute atomic E-state index is 13.8. The molecule has 38 heavy (non-hydrogen) atoms. The zero-order valence-electron chi connectivity index (χ0n) is 21.3. The average molecular weight is 532 g/mol. The molecule has 0 unspecified atom stereocenters. The van der Waals surface area contributed by atoms with Crippen LogP contribution in [0.4, 0.5) is 28.8 Å². The molecule has 11 heteroatoms. The Labute approximate surface area is 221 Å². The number of anilines is 5. The highest BCUT2D eigenvalue weighted by Crippen LogP contribution is 2.42. The van der Waals surface area contributed by atoms with E-state index in [0.29, 0.717) is 23.1 Å². The van der Waals surface area contributed by atoms with E-state index < -0.39 is 15.9 Å². The highest BCUT2D eigenvalue weighted by molar-refractivity contribution is 7.90. The molecule has 0 spiro atoms. The third-order valence-electron chi connectivity index (χ3n) is 7.42. The second-order valence-electron chi connectivity index (χ2n) is 10.0. The molecule has 2 aromatic carbocycles. The molecule has 3 heterocycles. The summed E-state index contributed by atoms with van der Waals surface area (Å²) in [4.78, 5) is 27.3. The van der Waals surface area contributed by atoms with E-state index in [1.165, 1.54) is 24.8 Å². The predicted octanol–water partition coefficient (Wildman–Crippen LogP) is 4.71. The number of aromatic amines is 1. The standard InChI is InChI=1S/C27H29N7O3S/c1-17-26(35)34(21-9-11-22(12-10-21)38(2,36)37)24-16-28-27(30-19-8-13-23-18(14-19)15-29-32-23)31-25(24)33(17)20-6-4-3-5-7-20/h8-17,20H,3-7H2,1-2H3,(H,29,32)(H,28,30,31)/t17-/m1/s1. The zero-order chi connectivity index (χ0) is 26.4. The normalized spacial score (nSPS) is 18.6. The van der Waals surface area contributed by atoms with Crippen molar-refractivity contribution in [1.82, 2.24) is 20.2 Å². The largest absolute Gasteiger partial charge is 0.340 e. The van der Waals surface area contributed by atoms with Crippen LogP contribution in [0.3, 0.4) is 0 Å². The third kappa shape index (κ3) is 4.36. The lowest BCUT2D eigenvalue weighted by Gasteiger charge is -2.45. The summed E-state index contributed by atoms with van der Waals surface area (Å²) in [6.07, 6.45) is 10.0. The van der Waals surface area contributed by atoms with E-state index >= 15 is 0 Å². The first kappa shape index (κ1) is 24.4. The molecule has 1 amide bonds. The quantitative estimate of drug-likeness (QED) is 0.380. The molecule has 196 valence electrons. The fourth-order valence-electron chi connectivity index (χ4n) is 5.49. The zero-order valence-corrected chi connectivity index (χ0v) is 22.1.